The van der Waals surface area contributed by atoms with E-state index >= 15 is 0 Å². The number of benzene rings is 1. The van der Waals surface area contributed by atoms with Gasteiger partial charge in [0.25, 0.3) is 5.91 Å². The van der Waals surface area contributed by atoms with Gasteiger partial charge in [0.1, 0.15) is 11.4 Å². The topological polar surface area (TPSA) is 81.2 Å². The van der Waals surface area contributed by atoms with E-state index in [2.05, 4.69) is 5.32 Å². The Labute approximate surface area is 168 Å². The molecule has 6 nitrogen and oxygen atoms in total. The molecule has 0 spiro atoms. The van der Waals surface area contributed by atoms with E-state index in [9.17, 15) is 4.79 Å². The van der Waals surface area contributed by atoms with Gasteiger partial charge in [-0.25, -0.2) is 9.97 Å². The summed E-state index contributed by atoms with van der Waals surface area (Å²) in [6.45, 7) is 0. The number of hydrogen-bond donors (Lipinski definition) is 1. The molecule has 0 bridgehead atoms. The van der Waals surface area contributed by atoms with Gasteiger partial charge in [0.15, 0.2) is 0 Å². The first-order valence-corrected chi connectivity index (χ1v) is 9.96. The predicted octanol–water partition coefficient (Wildman–Crippen LogP) is 5.21. The number of nitrogens with zero attached hydrogens (tertiary/aromatic N) is 2. The number of furan rings is 2. The Balaban J connectivity index is 1.54. The molecule has 1 fully saturated rings. The molecule has 146 valence electrons. The molecule has 0 aliphatic heterocycles. The van der Waals surface area contributed by atoms with Crippen LogP contribution in [0.4, 0.5) is 0 Å². The third-order valence-corrected chi connectivity index (χ3v) is 5.46. The summed E-state index contributed by atoms with van der Waals surface area (Å²) in [5.74, 6) is -0.0515. The molecule has 0 atom stereocenters. The molecule has 0 unspecified atom stereocenters. The second kappa shape index (κ2) is 7.54. The summed E-state index contributed by atoms with van der Waals surface area (Å²) in [4.78, 5) is 22.4. The molecule has 0 saturated heterocycles. The number of carbonyl (C=O) groups is 1. The molecule has 1 N–H and O–H groups in total. The van der Waals surface area contributed by atoms with Gasteiger partial charge in [0.05, 0.1) is 36.1 Å². The summed E-state index contributed by atoms with van der Waals surface area (Å²) in [6.07, 6.45) is 12.2. The molecule has 3 aromatic heterocycles. The van der Waals surface area contributed by atoms with E-state index in [1.165, 1.54) is 19.3 Å². The van der Waals surface area contributed by atoms with Crippen LogP contribution in [0.25, 0.3) is 33.5 Å². The lowest BCUT2D eigenvalue weighted by molar-refractivity contribution is 0.0928. The summed E-state index contributed by atoms with van der Waals surface area (Å²) in [5, 5.41) is 3.16. The highest BCUT2D eigenvalue weighted by molar-refractivity contribution is 5.98. The Morgan fingerprint density at radius 3 is 2.14 bits per heavy atom. The molecule has 5 rings (SSSR count). The van der Waals surface area contributed by atoms with Gasteiger partial charge < -0.3 is 14.2 Å². The van der Waals surface area contributed by atoms with Crippen LogP contribution in [-0.4, -0.2) is 21.9 Å². The number of hydrogen-bond acceptors (Lipinski definition) is 5. The predicted molar refractivity (Wildman–Crippen MR) is 109 cm³/mol. The average molecular weight is 387 g/mol. The van der Waals surface area contributed by atoms with Crippen LogP contribution in [0, 0.1) is 0 Å². The zero-order valence-electron chi connectivity index (χ0n) is 15.9. The van der Waals surface area contributed by atoms with E-state index in [0.29, 0.717) is 22.5 Å². The standard InChI is InChI=1S/C23H21N3O3/c27-23(24-18-4-2-1-3-5-18)15-6-7-19-20(12-15)26-22(17-9-11-29-14-17)21(25-19)16-8-10-28-13-16/h6-14,18H,1-5H2,(H,24,27). The second-order valence-electron chi connectivity index (χ2n) is 7.46. The highest BCUT2D eigenvalue weighted by atomic mass is 16.3. The lowest BCUT2D eigenvalue weighted by atomic mass is 9.95. The van der Waals surface area contributed by atoms with Gasteiger partial charge in [-0.2, -0.15) is 0 Å². The van der Waals surface area contributed by atoms with Crippen LogP contribution < -0.4 is 5.32 Å². The van der Waals surface area contributed by atoms with E-state index in [4.69, 9.17) is 18.8 Å². The molecular formula is C23H21N3O3. The molecule has 1 aromatic carbocycles. The Bertz CT molecular complexity index is 1130. The zero-order chi connectivity index (χ0) is 19.6. The summed E-state index contributed by atoms with van der Waals surface area (Å²) in [6, 6.07) is 9.43. The maximum atomic E-state index is 12.7. The van der Waals surface area contributed by atoms with Crippen molar-refractivity contribution in [2.75, 3.05) is 0 Å². The Morgan fingerprint density at radius 2 is 1.52 bits per heavy atom. The maximum absolute atomic E-state index is 12.7. The molecule has 1 amide bonds. The fourth-order valence-corrected chi connectivity index (χ4v) is 3.91. The van der Waals surface area contributed by atoms with E-state index in [1.54, 1.807) is 25.1 Å². The number of fused-ring (bicyclic) bond motifs is 1. The highest BCUT2D eigenvalue weighted by Gasteiger charge is 2.19. The third kappa shape index (κ3) is 3.53. The van der Waals surface area contributed by atoms with Gasteiger partial charge in [0, 0.05) is 22.7 Å². The van der Waals surface area contributed by atoms with Crippen LogP contribution in [0.3, 0.4) is 0 Å². The third-order valence-electron chi connectivity index (χ3n) is 5.46. The van der Waals surface area contributed by atoms with Gasteiger partial charge in [-0.15, -0.1) is 0 Å². The van der Waals surface area contributed by atoms with E-state index < -0.39 is 0 Å². The molecule has 6 heteroatoms. The number of amides is 1. The quantitative estimate of drug-likeness (QED) is 0.520. The molecule has 0 radical (unpaired) electrons. The van der Waals surface area contributed by atoms with Crippen LogP contribution in [-0.2, 0) is 0 Å². The molecule has 29 heavy (non-hydrogen) atoms. The van der Waals surface area contributed by atoms with E-state index in [-0.39, 0.29) is 11.9 Å². The first kappa shape index (κ1) is 17.7. The first-order valence-electron chi connectivity index (χ1n) is 9.96. The van der Waals surface area contributed by atoms with Crippen molar-refractivity contribution in [2.45, 2.75) is 38.1 Å². The van der Waals surface area contributed by atoms with Crippen LogP contribution in [0.2, 0.25) is 0 Å². The lowest BCUT2D eigenvalue weighted by Crippen LogP contribution is -2.36. The van der Waals surface area contributed by atoms with Crippen molar-refractivity contribution in [2.24, 2.45) is 0 Å². The Hall–Kier alpha value is -3.41. The monoisotopic (exact) mass is 387 g/mol. The molecule has 1 saturated carbocycles. The Morgan fingerprint density at radius 1 is 0.862 bits per heavy atom. The molecule has 1 aliphatic carbocycles. The van der Waals surface area contributed by atoms with Crippen LogP contribution in [0.5, 0.6) is 0 Å². The fraction of sp³-hybridized carbons (Fsp3) is 0.261. The summed E-state index contributed by atoms with van der Waals surface area (Å²) in [7, 11) is 0. The second-order valence-corrected chi connectivity index (χ2v) is 7.46. The van der Waals surface area contributed by atoms with Gasteiger partial charge in [-0.1, -0.05) is 19.3 Å². The maximum Gasteiger partial charge on any atom is 0.251 e. The summed E-state index contributed by atoms with van der Waals surface area (Å²) >= 11 is 0. The average Bonchev–Trinajstić information content (AvgIpc) is 3.47. The minimum absolute atomic E-state index is 0.0515. The fourth-order valence-electron chi connectivity index (χ4n) is 3.91. The molecule has 4 aromatic rings. The van der Waals surface area contributed by atoms with Crippen molar-refractivity contribution in [3.05, 3.63) is 60.9 Å². The minimum Gasteiger partial charge on any atom is -0.472 e. The lowest BCUT2D eigenvalue weighted by Gasteiger charge is -2.22. The van der Waals surface area contributed by atoms with Crippen molar-refractivity contribution < 1.29 is 13.6 Å². The van der Waals surface area contributed by atoms with Crippen LogP contribution in [0.1, 0.15) is 42.5 Å². The highest BCUT2D eigenvalue weighted by Crippen LogP contribution is 2.31. The normalized spacial score (nSPS) is 14.9. The summed E-state index contributed by atoms with van der Waals surface area (Å²) in [5.41, 5.74) is 5.07. The van der Waals surface area contributed by atoms with Crippen molar-refractivity contribution in [1.82, 2.24) is 15.3 Å². The molecule has 1 aliphatic rings. The summed E-state index contributed by atoms with van der Waals surface area (Å²) < 4.78 is 10.5. The van der Waals surface area contributed by atoms with Crippen LogP contribution >= 0.6 is 0 Å². The zero-order valence-corrected chi connectivity index (χ0v) is 15.9. The van der Waals surface area contributed by atoms with Crippen LogP contribution in [0.15, 0.2) is 64.2 Å². The van der Waals surface area contributed by atoms with Crippen molar-refractivity contribution in [3.63, 3.8) is 0 Å². The minimum atomic E-state index is -0.0515. The SMILES string of the molecule is O=C(NC1CCCCC1)c1ccc2nc(-c3ccoc3)c(-c3ccoc3)nc2c1. The first-order chi connectivity index (χ1) is 14.3. The van der Waals surface area contributed by atoms with Gasteiger partial charge in [0.2, 0.25) is 0 Å². The largest absolute Gasteiger partial charge is 0.472 e. The van der Waals surface area contributed by atoms with Crippen molar-refractivity contribution in [3.8, 4) is 22.5 Å². The van der Waals surface area contributed by atoms with Gasteiger partial charge >= 0.3 is 0 Å². The number of aromatic nitrogens is 2. The van der Waals surface area contributed by atoms with Gasteiger partial charge in [-0.05, 0) is 43.2 Å². The van der Waals surface area contributed by atoms with Crippen molar-refractivity contribution >= 4 is 16.9 Å². The molecular weight excluding hydrogens is 366 g/mol. The van der Waals surface area contributed by atoms with Crippen molar-refractivity contribution in [1.29, 1.82) is 0 Å². The number of rotatable bonds is 4. The van der Waals surface area contributed by atoms with E-state index in [1.807, 2.05) is 30.3 Å². The van der Waals surface area contributed by atoms with Gasteiger partial charge in [-0.3, -0.25) is 4.79 Å². The number of carbonyl (C=O) groups excluding carboxylic acids is 1. The number of nitrogens with one attached hydrogen (secondary N) is 1. The molecule has 3 heterocycles. The van der Waals surface area contributed by atoms with E-state index in [0.717, 1.165) is 29.5 Å². The Kier molecular flexibility index (Phi) is 4.60. The smallest absolute Gasteiger partial charge is 0.251 e.